The van der Waals surface area contributed by atoms with Crippen molar-refractivity contribution in [3.63, 3.8) is 0 Å². The second-order valence-corrected chi connectivity index (χ2v) is 8.43. The SMILES string of the molecule is COc1cc2c(cc1Nc1nc(Nc3cccc(F)c3C(N)=O)c3cc[nH]c3[nH+]1)N(C(C)=O)CCC2. The number of H-pyrrole nitrogens is 2. The van der Waals surface area contributed by atoms with Crippen molar-refractivity contribution in [3.05, 3.63) is 59.5 Å². The molecule has 2 aromatic carbocycles. The lowest BCUT2D eigenvalue weighted by Crippen LogP contribution is -2.33. The van der Waals surface area contributed by atoms with Crippen LogP contribution in [0.1, 0.15) is 29.3 Å². The summed E-state index contributed by atoms with van der Waals surface area (Å²) in [7, 11) is 1.58. The van der Waals surface area contributed by atoms with Gasteiger partial charge >= 0.3 is 5.95 Å². The molecule has 2 amide bonds. The number of primary amides is 1. The number of nitrogens with zero attached hydrogens (tertiary/aromatic N) is 2. The Morgan fingerprint density at radius 1 is 1.22 bits per heavy atom. The number of fused-ring (bicyclic) bond motifs is 2. The molecule has 0 aliphatic carbocycles. The maximum atomic E-state index is 14.3. The summed E-state index contributed by atoms with van der Waals surface area (Å²) < 4.78 is 19.9. The molecule has 0 atom stereocenters. The highest BCUT2D eigenvalue weighted by molar-refractivity contribution is 6.00. The number of aromatic amines is 2. The van der Waals surface area contributed by atoms with E-state index < -0.39 is 11.7 Å². The van der Waals surface area contributed by atoms with Gasteiger partial charge in [-0.25, -0.2) is 9.37 Å². The Morgan fingerprint density at radius 2 is 2.06 bits per heavy atom. The van der Waals surface area contributed by atoms with Crippen molar-refractivity contribution in [3.8, 4) is 5.75 Å². The minimum absolute atomic E-state index is 0.0311. The van der Waals surface area contributed by atoms with Gasteiger partial charge in [-0.05, 0) is 42.7 Å². The molecule has 6 N–H and O–H groups in total. The molecule has 11 heteroatoms. The quantitative estimate of drug-likeness (QED) is 0.327. The minimum Gasteiger partial charge on any atom is -0.493 e. The number of amides is 2. The van der Waals surface area contributed by atoms with Crippen LogP contribution in [0.2, 0.25) is 0 Å². The summed E-state index contributed by atoms with van der Waals surface area (Å²) in [5.41, 5.74) is 8.43. The number of nitrogens with one attached hydrogen (secondary N) is 4. The van der Waals surface area contributed by atoms with E-state index in [1.807, 2.05) is 12.1 Å². The monoisotopic (exact) mass is 490 g/mol. The molecule has 3 heterocycles. The molecule has 0 saturated heterocycles. The second kappa shape index (κ2) is 9.17. The number of aryl methyl sites for hydroxylation is 1. The average Bonchev–Trinajstić information content (AvgIpc) is 3.32. The van der Waals surface area contributed by atoms with Crippen molar-refractivity contribution in [2.45, 2.75) is 19.8 Å². The lowest BCUT2D eigenvalue weighted by atomic mass is 10.0. The number of hydrogen-bond donors (Lipinski definition) is 4. The fourth-order valence-electron chi connectivity index (χ4n) is 4.48. The molecular weight excluding hydrogens is 465 g/mol. The zero-order chi connectivity index (χ0) is 25.4. The highest BCUT2D eigenvalue weighted by Crippen LogP contribution is 2.38. The molecule has 0 bridgehead atoms. The van der Waals surface area contributed by atoms with E-state index in [4.69, 9.17) is 10.5 Å². The van der Waals surface area contributed by atoms with Gasteiger partial charge in [-0.1, -0.05) is 11.1 Å². The number of benzene rings is 2. The number of hydrogen-bond acceptors (Lipinski definition) is 6. The normalized spacial score (nSPS) is 12.8. The van der Waals surface area contributed by atoms with E-state index in [1.54, 1.807) is 37.3 Å². The molecule has 0 spiro atoms. The Hall–Kier alpha value is -4.67. The zero-order valence-electron chi connectivity index (χ0n) is 19.7. The number of halogens is 1. The predicted octanol–water partition coefficient (Wildman–Crippen LogP) is 3.41. The number of aromatic nitrogens is 3. The fraction of sp³-hybridized carbons (Fsp3) is 0.200. The Morgan fingerprint density at radius 3 is 2.81 bits per heavy atom. The fourth-order valence-corrected chi connectivity index (χ4v) is 4.48. The van der Waals surface area contributed by atoms with Gasteiger partial charge in [-0.15, -0.1) is 0 Å². The van der Waals surface area contributed by atoms with E-state index in [9.17, 15) is 14.0 Å². The minimum atomic E-state index is -0.893. The predicted molar refractivity (Wildman–Crippen MR) is 133 cm³/mol. The molecule has 0 unspecified atom stereocenters. The standard InChI is InChI=1S/C25H24FN7O3/c1-13(34)33-10-4-5-14-11-20(36-2)18(12-19(14)33)30-25-31-23-15(8-9-28-23)24(32-25)29-17-7-3-6-16(26)21(17)22(27)35/h3,6-9,11-12H,4-5,10H2,1-2H3,(H2,27,35)(H3,28,29,30,31,32)/p+1. The maximum absolute atomic E-state index is 14.3. The van der Waals surface area contributed by atoms with Gasteiger partial charge in [0, 0.05) is 25.7 Å². The van der Waals surface area contributed by atoms with E-state index in [-0.39, 0.29) is 17.2 Å². The third kappa shape index (κ3) is 4.15. The van der Waals surface area contributed by atoms with E-state index >= 15 is 0 Å². The third-order valence-electron chi connectivity index (χ3n) is 6.13. The van der Waals surface area contributed by atoms with Crippen molar-refractivity contribution < 1.29 is 23.7 Å². The molecular formula is C25H25FN7O3+. The van der Waals surface area contributed by atoms with Crippen LogP contribution in [0.3, 0.4) is 0 Å². The lowest BCUT2D eigenvalue weighted by Gasteiger charge is -2.29. The summed E-state index contributed by atoms with van der Waals surface area (Å²) in [4.78, 5) is 36.7. The third-order valence-corrected chi connectivity index (χ3v) is 6.13. The molecule has 184 valence electrons. The smallest absolute Gasteiger partial charge is 0.351 e. The highest BCUT2D eigenvalue weighted by atomic mass is 19.1. The van der Waals surface area contributed by atoms with E-state index in [0.717, 1.165) is 24.1 Å². The first-order valence-electron chi connectivity index (χ1n) is 11.4. The summed E-state index contributed by atoms with van der Waals surface area (Å²) in [6.07, 6.45) is 3.45. The number of carbonyl (C=O) groups is 2. The van der Waals surface area contributed by atoms with Gasteiger partial charge in [0.05, 0.1) is 29.4 Å². The maximum Gasteiger partial charge on any atom is 0.351 e. The number of nitrogens with two attached hydrogens (primary N) is 1. The molecule has 2 aromatic heterocycles. The van der Waals surface area contributed by atoms with Crippen LogP contribution in [0, 0.1) is 5.82 Å². The van der Waals surface area contributed by atoms with Crippen molar-refractivity contribution in [1.29, 1.82) is 0 Å². The Balaban J connectivity index is 1.56. The molecule has 0 radical (unpaired) electrons. The topological polar surface area (TPSA) is 140 Å². The number of ether oxygens (including phenoxy) is 1. The van der Waals surface area contributed by atoms with Gasteiger partial charge in [0.25, 0.3) is 5.91 Å². The van der Waals surface area contributed by atoms with Crippen molar-refractivity contribution in [1.82, 2.24) is 9.97 Å². The lowest BCUT2D eigenvalue weighted by molar-refractivity contribution is -0.333. The zero-order valence-corrected chi connectivity index (χ0v) is 19.7. The van der Waals surface area contributed by atoms with Gasteiger partial charge < -0.3 is 20.7 Å². The Kier molecular flexibility index (Phi) is 5.88. The average molecular weight is 491 g/mol. The summed E-state index contributed by atoms with van der Waals surface area (Å²) in [6.45, 7) is 2.20. The van der Waals surface area contributed by atoms with Gasteiger partial charge in [0.15, 0.2) is 5.75 Å². The van der Waals surface area contributed by atoms with Crippen LogP contribution in [0.4, 0.5) is 33.2 Å². The van der Waals surface area contributed by atoms with E-state index in [2.05, 4.69) is 25.6 Å². The summed E-state index contributed by atoms with van der Waals surface area (Å²) in [5, 5.41) is 6.95. The summed E-state index contributed by atoms with van der Waals surface area (Å²) in [6, 6.07) is 9.78. The van der Waals surface area contributed by atoms with Crippen LogP contribution in [0.5, 0.6) is 5.75 Å². The number of methoxy groups -OCH3 is 1. The molecule has 5 rings (SSSR count). The second-order valence-electron chi connectivity index (χ2n) is 8.43. The molecule has 0 saturated carbocycles. The van der Waals surface area contributed by atoms with Gasteiger partial charge in [-0.2, -0.15) is 0 Å². The van der Waals surface area contributed by atoms with E-state index in [0.29, 0.717) is 40.8 Å². The highest BCUT2D eigenvalue weighted by Gasteiger charge is 2.25. The van der Waals surface area contributed by atoms with Gasteiger partial charge in [0.2, 0.25) is 17.4 Å². The number of rotatable bonds is 6. The largest absolute Gasteiger partial charge is 0.493 e. The van der Waals surface area contributed by atoms with Crippen molar-refractivity contribution in [2.24, 2.45) is 5.73 Å². The van der Waals surface area contributed by atoms with Gasteiger partial charge in [0.1, 0.15) is 11.5 Å². The Bertz CT molecular complexity index is 1500. The van der Waals surface area contributed by atoms with Crippen LogP contribution in [-0.2, 0) is 11.2 Å². The first-order chi connectivity index (χ1) is 17.4. The van der Waals surface area contributed by atoms with Gasteiger partial charge in [-0.3, -0.25) is 19.9 Å². The number of anilines is 5. The summed E-state index contributed by atoms with van der Waals surface area (Å²) in [5.74, 6) is -0.355. The molecule has 1 aliphatic heterocycles. The van der Waals surface area contributed by atoms with E-state index in [1.165, 1.54) is 12.1 Å². The van der Waals surface area contributed by atoms with Crippen molar-refractivity contribution in [2.75, 3.05) is 29.2 Å². The first kappa shape index (κ1) is 23.1. The van der Waals surface area contributed by atoms with Crippen LogP contribution in [-0.4, -0.2) is 35.4 Å². The van der Waals surface area contributed by atoms with Crippen LogP contribution in [0.25, 0.3) is 11.0 Å². The molecule has 10 nitrogen and oxygen atoms in total. The summed E-state index contributed by atoms with van der Waals surface area (Å²) >= 11 is 0. The van der Waals surface area contributed by atoms with Crippen molar-refractivity contribution >= 4 is 51.7 Å². The molecule has 1 aliphatic rings. The van der Waals surface area contributed by atoms with Crippen LogP contribution in [0.15, 0.2) is 42.6 Å². The molecule has 36 heavy (non-hydrogen) atoms. The van der Waals surface area contributed by atoms with Crippen LogP contribution >= 0.6 is 0 Å². The Labute approximate surface area is 205 Å². The molecule has 4 aromatic rings. The first-order valence-corrected chi connectivity index (χ1v) is 11.4. The van der Waals surface area contributed by atoms with Crippen LogP contribution < -0.4 is 31.0 Å². The number of carbonyl (C=O) groups excluding carboxylic acids is 2. The molecule has 0 fully saturated rings.